The lowest BCUT2D eigenvalue weighted by molar-refractivity contribution is -0.137. The van der Waals surface area contributed by atoms with E-state index < -0.39 is 0 Å². The van der Waals surface area contributed by atoms with Gasteiger partial charge in [0.05, 0.1) is 6.04 Å². The first kappa shape index (κ1) is 21.3. The van der Waals surface area contributed by atoms with Gasteiger partial charge in [0.1, 0.15) is 0 Å². The molecular weight excluding hydrogens is 342 g/mol. The maximum Gasteiger partial charge on any atom is 0.239 e. The molecule has 0 saturated carbocycles. The Labute approximate surface area is 156 Å². The van der Waals surface area contributed by atoms with E-state index in [1.54, 1.807) is 11.8 Å². The third kappa shape index (κ3) is 5.66. The van der Waals surface area contributed by atoms with E-state index in [-0.39, 0.29) is 29.9 Å². The van der Waals surface area contributed by atoms with Crippen molar-refractivity contribution >= 4 is 30.1 Å². The zero-order chi connectivity index (χ0) is 16.9. The number of nitrogens with zero attached hydrogens (tertiary/aromatic N) is 2. The molecule has 1 aliphatic heterocycles. The van der Waals surface area contributed by atoms with Gasteiger partial charge in [0.15, 0.2) is 0 Å². The first-order valence-electron chi connectivity index (χ1n) is 8.26. The molecule has 136 valence electrons. The number of nitrogens with two attached hydrogens (primary N) is 1. The maximum atomic E-state index is 12.5. The average molecular weight is 372 g/mol. The van der Waals surface area contributed by atoms with Crippen molar-refractivity contribution in [1.29, 1.82) is 0 Å². The lowest BCUT2D eigenvalue weighted by Crippen LogP contribution is -2.61. The summed E-state index contributed by atoms with van der Waals surface area (Å²) in [6.07, 6.45) is 2.80. The molecule has 4 nitrogen and oxygen atoms in total. The number of rotatable bonds is 6. The molecule has 1 aliphatic rings. The molecule has 1 heterocycles. The summed E-state index contributed by atoms with van der Waals surface area (Å²) in [5, 5.41) is 0. The van der Waals surface area contributed by atoms with E-state index in [0.717, 1.165) is 38.4 Å². The minimum Gasteiger partial charge on any atom is -0.338 e. The number of benzene rings is 1. The number of carbonyl (C=O) groups excluding carboxylic acids is 1. The molecule has 0 radical (unpaired) electrons. The number of thioether (sulfide) groups is 1. The molecule has 1 amide bonds. The summed E-state index contributed by atoms with van der Waals surface area (Å²) in [5.74, 6) is 1.04. The number of halogens is 1. The van der Waals surface area contributed by atoms with Crippen LogP contribution >= 0.6 is 24.2 Å². The van der Waals surface area contributed by atoms with Gasteiger partial charge in [-0.25, -0.2) is 0 Å². The summed E-state index contributed by atoms with van der Waals surface area (Å²) < 4.78 is 0. The molecule has 2 N–H and O–H groups in total. The zero-order valence-corrected chi connectivity index (χ0v) is 16.5. The predicted molar refractivity (Wildman–Crippen MR) is 106 cm³/mol. The molecule has 2 rings (SSSR count). The van der Waals surface area contributed by atoms with Crippen molar-refractivity contribution in [3.8, 4) is 0 Å². The van der Waals surface area contributed by atoms with E-state index in [1.807, 2.05) is 17.2 Å². The van der Waals surface area contributed by atoms with Crippen LogP contribution in [0.15, 0.2) is 30.3 Å². The Morgan fingerprint density at radius 1 is 1.29 bits per heavy atom. The van der Waals surface area contributed by atoms with Crippen molar-refractivity contribution in [3.05, 3.63) is 35.9 Å². The molecule has 6 heteroatoms. The Morgan fingerprint density at radius 2 is 1.96 bits per heavy atom. The van der Waals surface area contributed by atoms with E-state index in [2.05, 4.69) is 43.0 Å². The summed E-state index contributed by atoms with van der Waals surface area (Å²) in [7, 11) is 0. The molecule has 0 unspecified atom stereocenters. The summed E-state index contributed by atoms with van der Waals surface area (Å²) in [6, 6.07) is 10.2. The Bertz CT molecular complexity index is 512. The Kier molecular flexibility index (Phi) is 8.57. The monoisotopic (exact) mass is 371 g/mol. The van der Waals surface area contributed by atoms with Crippen LogP contribution in [0.25, 0.3) is 0 Å². The molecule has 0 aromatic heterocycles. The molecule has 1 atom stereocenters. The molecule has 0 bridgehead atoms. The van der Waals surface area contributed by atoms with Gasteiger partial charge in [-0.2, -0.15) is 11.8 Å². The minimum absolute atomic E-state index is 0. The van der Waals surface area contributed by atoms with Crippen LogP contribution in [0.5, 0.6) is 0 Å². The summed E-state index contributed by atoms with van der Waals surface area (Å²) in [6.45, 7) is 7.75. The van der Waals surface area contributed by atoms with Gasteiger partial charge in [0.25, 0.3) is 0 Å². The highest BCUT2D eigenvalue weighted by molar-refractivity contribution is 7.98. The molecule has 0 aliphatic carbocycles. The van der Waals surface area contributed by atoms with Crippen LogP contribution in [0, 0.1) is 0 Å². The van der Waals surface area contributed by atoms with Crippen LogP contribution in [0.2, 0.25) is 0 Å². The summed E-state index contributed by atoms with van der Waals surface area (Å²) in [4.78, 5) is 16.9. The molecule has 1 saturated heterocycles. The zero-order valence-electron chi connectivity index (χ0n) is 14.9. The highest BCUT2D eigenvalue weighted by Crippen LogP contribution is 2.24. The second kappa shape index (κ2) is 9.66. The quantitative estimate of drug-likeness (QED) is 0.835. The molecule has 1 aromatic carbocycles. The number of carbonyl (C=O) groups is 1. The van der Waals surface area contributed by atoms with Crippen molar-refractivity contribution in [3.63, 3.8) is 0 Å². The molecular formula is C18H30ClN3OS. The standard InChI is InChI=1S/C18H29N3OS.ClH/c1-18(2)14-20(17(22)16(19)9-12-23-3)10-11-21(18)13-15-7-5-4-6-8-15;/h4-8,16H,9-14,19H2,1-3H3;1H/t16-;/m0./s1. The lowest BCUT2D eigenvalue weighted by atomic mass is 9.97. The molecule has 1 aromatic rings. The van der Waals surface area contributed by atoms with Crippen LogP contribution in [0.1, 0.15) is 25.8 Å². The van der Waals surface area contributed by atoms with Crippen molar-refractivity contribution in [2.24, 2.45) is 5.73 Å². The number of amides is 1. The van der Waals surface area contributed by atoms with E-state index >= 15 is 0 Å². The van der Waals surface area contributed by atoms with Gasteiger partial charge in [-0.1, -0.05) is 30.3 Å². The van der Waals surface area contributed by atoms with Gasteiger partial charge in [0, 0.05) is 31.7 Å². The fourth-order valence-corrected chi connectivity index (χ4v) is 3.57. The lowest BCUT2D eigenvalue weighted by Gasteiger charge is -2.47. The summed E-state index contributed by atoms with van der Waals surface area (Å²) >= 11 is 1.74. The van der Waals surface area contributed by atoms with Gasteiger partial charge in [-0.3, -0.25) is 9.69 Å². The van der Waals surface area contributed by atoms with Crippen molar-refractivity contribution in [2.75, 3.05) is 31.6 Å². The normalized spacial score (nSPS) is 18.8. The smallest absolute Gasteiger partial charge is 0.239 e. The van der Waals surface area contributed by atoms with Crippen LogP contribution in [-0.2, 0) is 11.3 Å². The van der Waals surface area contributed by atoms with E-state index in [1.165, 1.54) is 5.56 Å². The fraction of sp³-hybridized carbons (Fsp3) is 0.611. The van der Waals surface area contributed by atoms with E-state index in [4.69, 9.17) is 5.73 Å². The van der Waals surface area contributed by atoms with Gasteiger partial charge in [0.2, 0.25) is 5.91 Å². The summed E-state index contributed by atoms with van der Waals surface area (Å²) in [5.41, 5.74) is 7.34. The van der Waals surface area contributed by atoms with Crippen LogP contribution in [0.4, 0.5) is 0 Å². The molecule has 24 heavy (non-hydrogen) atoms. The fourth-order valence-electron chi connectivity index (χ4n) is 3.08. The Balaban J connectivity index is 0.00000288. The van der Waals surface area contributed by atoms with Crippen molar-refractivity contribution in [1.82, 2.24) is 9.80 Å². The number of piperazine rings is 1. The maximum absolute atomic E-state index is 12.5. The average Bonchev–Trinajstić information content (AvgIpc) is 2.54. The first-order chi connectivity index (χ1) is 10.9. The van der Waals surface area contributed by atoms with Crippen molar-refractivity contribution in [2.45, 2.75) is 38.4 Å². The van der Waals surface area contributed by atoms with E-state index in [0.29, 0.717) is 0 Å². The SMILES string of the molecule is CSCC[C@H](N)C(=O)N1CCN(Cc2ccccc2)C(C)(C)C1.Cl. The molecule has 1 fully saturated rings. The Hall–Kier alpha value is -0.750. The van der Waals surface area contributed by atoms with Gasteiger partial charge in [-0.05, 0) is 37.8 Å². The third-order valence-electron chi connectivity index (χ3n) is 4.55. The molecule has 0 spiro atoms. The Morgan fingerprint density at radius 3 is 2.54 bits per heavy atom. The highest BCUT2D eigenvalue weighted by Gasteiger charge is 2.36. The van der Waals surface area contributed by atoms with Gasteiger partial charge < -0.3 is 10.6 Å². The van der Waals surface area contributed by atoms with Crippen LogP contribution in [-0.4, -0.2) is 58.9 Å². The topological polar surface area (TPSA) is 49.6 Å². The first-order valence-corrected chi connectivity index (χ1v) is 9.66. The second-order valence-electron chi connectivity index (χ2n) is 6.87. The van der Waals surface area contributed by atoms with Crippen LogP contribution in [0.3, 0.4) is 0 Å². The van der Waals surface area contributed by atoms with Crippen LogP contribution < -0.4 is 5.73 Å². The minimum atomic E-state index is -0.362. The predicted octanol–water partition coefficient (Wildman–Crippen LogP) is 2.61. The van der Waals surface area contributed by atoms with E-state index in [9.17, 15) is 4.79 Å². The third-order valence-corrected chi connectivity index (χ3v) is 5.20. The van der Waals surface area contributed by atoms with Crippen molar-refractivity contribution < 1.29 is 4.79 Å². The van der Waals surface area contributed by atoms with Gasteiger partial charge in [-0.15, -0.1) is 12.4 Å². The number of hydrogen-bond donors (Lipinski definition) is 1. The van der Waals surface area contributed by atoms with Gasteiger partial charge >= 0.3 is 0 Å². The highest BCUT2D eigenvalue weighted by atomic mass is 35.5. The second-order valence-corrected chi connectivity index (χ2v) is 7.85. The largest absolute Gasteiger partial charge is 0.338 e. The number of hydrogen-bond acceptors (Lipinski definition) is 4.